The fourth-order valence-electron chi connectivity index (χ4n) is 1.65. The molecule has 1 atom stereocenters. The Hall–Kier alpha value is -1.88. The summed E-state index contributed by atoms with van der Waals surface area (Å²) in [6, 6.07) is 5.94. The number of Topliss-reactive ketones (excluding diaryl/α,β-unsaturated/α-hetero) is 1. The Balaban J connectivity index is 2.64. The van der Waals surface area contributed by atoms with E-state index in [0.717, 1.165) is 0 Å². The van der Waals surface area contributed by atoms with Gasteiger partial charge in [-0.2, -0.15) is 0 Å². The molecule has 0 aliphatic rings. The average Bonchev–Trinajstić information content (AvgIpc) is 2.35. The minimum absolute atomic E-state index is 0.0194. The third-order valence-corrected chi connectivity index (χ3v) is 3.08. The summed E-state index contributed by atoms with van der Waals surface area (Å²) in [6.07, 6.45) is 0. The van der Waals surface area contributed by atoms with E-state index in [1.54, 1.807) is 24.3 Å². The zero-order chi connectivity index (χ0) is 15.3. The average molecular weight is 278 g/mol. The molecular formula is C15H22N2O3. The molecule has 0 heterocycles. The van der Waals surface area contributed by atoms with Gasteiger partial charge in [-0.15, -0.1) is 0 Å². The number of ketones is 1. The van der Waals surface area contributed by atoms with Gasteiger partial charge >= 0.3 is 6.03 Å². The summed E-state index contributed by atoms with van der Waals surface area (Å²) in [5.41, 5.74) is 0.960. The first-order chi connectivity index (χ1) is 9.24. The molecule has 0 saturated carbocycles. The number of anilines is 1. The summed E-state index contributed by atoms with van der Waals surface area (Å²) in [6.45, 7) is 7.19. The van der Waals surface area contributed by atoms with Gasteiger partial charge in [0.2, 0.25) is 0 Å². The monoisotopic (exact) mass is 278 g/mol. The van der Waals surface area contributed by atoms with Crippen molar-refractivity contribution in [3.63, 3.8) is 0 Å². The van der Waals surface area contributed by atoms with Gasteiger partial charge in [-0.1, -0.05) is 20.8 Å². The van der Waals surface area contributed by atoms with Gasteiger partial charge in [-0.25, -0.2) is 4.79 Å². The van der Waals surface area contributed by atoms with Crippen molar-refractivity contribution in [3.8, 4) is 0 Å². The predicted molar refractivity (Wildman–Crippen MR) is 78.9 cm³/mol. The second kappa shape index (κ2) is 6.52. The van der Waals surface area contributed by atoms with Crippen LogP contribution < -0.4 is 10.6 Å². The minimum Gasteiger partial charge on any atom is -0.394 e. The van der Waals surface area contributed by atoms with Crippen LogP contribution >= 0.6 is 0 Å². The fraction of sp³-hybridized carbons (Fsp3) is 0.467. The van der Waals surface area contributed by atoms with E-state index < -0.39 is 0 Å². The maximum atomic E-state index is 11.8. The Bertz CT molecular complexity index is 475. The van der Waals surface area contributed by atoms with Crippen LogP contribution in [0.25, 0.3) is 0 Å². The lowest BCUT2D eigenvalue weighted by Crippen LogP contribution is -2.47. The van der Waals surface area contributed by atoms with Crippen molar-refractivity contribution in [2.24, 2.45) is 5.41 Å². The van der Waals surface area contributed by atoms with E-state index in [4.69, 9.17) is 0 Å². The zero-order valence-corrected chi connectivity index (χ0v) is 12.4. The van der Waals surface area contributed by atoms with E-state index in [0.29, 0.717) is 11.3 Å². The second-order valence-corrected chi connectivity index (χ2v) is 5.83. The molecule has 2 amide bonds. The molecule has 0 saturated heterocycles. The Labute approximate surface area is 119 Å². The van der Waals surface area contributed by atoms with Gasteiger partial charge in [-0.05, 0) is 36.6 Å². The van der Waals surface area contributed by atoms with Gasteiger partial charge in [0.05, 0.1) is 12.6 Å². The molecule has 3 N–H and O–H groups in total. The molecule has 1 rings (SSSR count). The quantitative estimate of drug-likeness (QED) is 0.740. The van der Waals surface area contributed by atoms with Crippen molar-refractivity contribution >= 4 is 17.5 Å². The van der Waals surface area contributed by atoms with Crippen LogP contribution in [0.5, 0.6) is 0 Å². The second-order valence-electron chi connectivity index (χ2n) is 5.83. The standard InChI is InChI=1S/C15H22N2O3/c1-10(19)11-5-7-12(8-6-11)16-14(20)17-13(9-18)15(2,3)4/h5-8,13,18H,9H2,1-4H3,(H2,16,17,20)/t13-/m1/s1. The number of rotatable bonds is 4. The van der Waals surface area contributed by atoms with E-state index in [1.165, 1.54) is 6.92 Å². The number of carbonyl (C=O) groups excluding carboxylic acids is 2. The minimum atomic E-state index is -0.380. The summed E-state index contributed by atoms with van der Waals surface area (Å²) in [5.74, 6) is -0.0194. The number of hydrogen-bond donors (Lipinski definition) is 3. The Morgan fingerprint density at radius 1 is 1.20 bits per heavy atom. The number of benzene rings is 1. The van der Waals surface area contributed by atoms with Crippen LogP contribution in [0.3, 0.4) is 0 Å². The van der Waals surface area contributed by atoms with Gasteiger partial charge in [0.25, 0.3) is 0 Å². The zero-order valence-electron chi connectivity index (χ0n) is 12.4. The van der Waals surface area contributed by atoms with Crippen LogP contribution in [0.4, 0.5) is 10.5 Å². The van der Waals surface area contributed by atoms with Gasteiger partial charge in [-0.3, -0.25) is 4.79 Å². The van der Waals surface area contributed by atoms with Crippen molar-refractivity contribution in [3.05, 3.63) is 29.8 Å². The van der Waals surface area contributed by atoms with Crippen LogP contribution in [-0.2, 0) is 0 Å². The highest BCUT2D eigenvalue weighted by molar-refractivity contribution is 5.95. The molecule has 110 valence electrons. The lowest BCUT2D eigenvalue weighted by molar-refractivity contribution is 0.101. The van der Waals surface area contributed by atoms with Crippen LogP contribution in [0.15, 0.2) is 24.3 Å². The van der Waals surface area contributed by atoms with Crippen LogP contribution in [0.1, 0.15) is 38.1 Å². The number of nitrogens with one attached hydrogen (secondary N) is 2. The molecule has 0 fully saturated rings. The highest BCUT2D eigenvalue weighted by atomic mass is 16.3. The lowest BCUT2D eigenvalue weighted by atomic mass is 9.87. The lowest BCUT2D eigenvalue weighted by Gasteiger charge is -2.29. The van der Waals surface area contributed by atoms with E-state index >= 15 is 0 Å². The van der Waals surface area contributed by atoms with Crippen LogP contribution in [0, 0.1) is 5.41 Å². The number of hydrogen-bond acceptors (Lipinski definition) is 3. The number of carbonyl (C=O) groups is 2. The van der Waals surface area contributed by atoms with Gasteiger partial charge < -0.3 is 15.7 Å². The first kappa shape index (κ1) is 16.2. The molecule has 5 nitrogen and oxygen atoms in total. The molecule has 5 heteroatoms. The number of aliphatic hydroxyl groups is 1. The third-order valence-electron chi connectivity index (χ3n) is 3.08. The topological polar surface area (TPSA) is 78.4 Å². The van der Waals surface area contributed by atoms with E-state index in [1.807, 2.05) is 20.8 Å². The Morgan fingerprint density at radius 3 is 2.15 bits per heavy atom. The predicted octanol–water partition coefficient (Wildman–Crippen LogP) is 2.42. The fourth-order valence-corrected chi connectivity index (χ4v) is 1.65. The third kappa shape index (κ3) is 4.66. The largest absolute Gasteiger partial charge is 0.394 e. The highest BCUT2D eigenvalue weighted by Gasteiger charge is 2.25. The van der Waals surface area contributed by atoms with Crippen molar-refractivity contribution in [1.82, 2.24) is 5.32 Å². The van der Waals surface area contributed by atoms with E-state index in [2.05, 4.69) is 10.6 Å². The molecule has 0 spiro atoms. The molecule has 0 bridgehead atoms. The molecule has 0 radical (unpaired) electrons. The highest BCUT2D eigenvalue weighted by Crippen LogP contribution is 2.19. The first-order valence-corrected chi connectivity index (χ1v) is 6.53. The molecule has 1 aromatic carbocycles. The van der Waals surface area contributed by atoms with Gasteiger partial charge in [0.1, 0.15) is 0 Å². The number of aliphatic hydroxyl groups excluding tert-OH is 1. The van der Waals surface area contributed by atoms with Crippen LogP contribution in [0.2, 0.25) is 0 Å². The van der Waals surface area contributed by atoms with E-state index in [-0.39, 0.29) is 29.9 Å². The maximum Gasteiger partial charge on any atom is 0.319 e. The number of amides is 2. The summed E-state index contributed by atoms with van der Waals surface area (Å²) in [7, 11) is 0. The van der Waals surface area contributed by atoms with Crippen molar-refractivity contribution in [2.75, 3.05) is 11.9 Å². The van der Waals surface area contributed by atoms with Crippen molar-refractivity contribution < 1.29 is 14.7 Å². The molecule has 0 unspecified atom stereocenters. The van der Waals surface area contributed by atoms with Crippen molar-refractivity contribution in [1.29, 1.82) is 0 Å². The molecule has 0 aliphatic heterocycles. The first-order valence-electron chi connectivity index (χ1n) is 6.53. The molecule has 1 aromatic rings. The summed E-state index contributed by atoms with van der Waals surface area (Å²) in [4.78, 5) is 23.0. The van der Waals surface area contributed by atoms with Gasteiger partial charge in [0.15, 0.2) is 5.78 Å². The summed E-state index contributed by atoms with van der Waals surface area (Å²) < 4.78 is 0. The van der Waals surface area contributed by atoms with Crippen molar-refractivity contribution in [2.45, 2.75) is 33.7 Å². The summed E-state index contributed by atoms with van der Waals surface area (Å²) >= 11 is 0. The number of urea groups is 1. The van der Waals surface area contributed by atoms with Gasteiger partial charge in [0, 0.05) is 11.3 Å². The van der Waals surface area contributed by atoms with E-state index in [9.17, 15) is 14.7 Å². The Kier molecular flexibility index (Phi) is 5.27. The molecule has 0 aromatic heterocycles. The molecular weight excluding hydrogens is 256 g/mol. The normalized spacial score (nSPS) is 12.7. The Morgan fingerprint density at radius 2 is 1.75 bits per heavy atom. The molecule has 0 aliphatic carbocycles. The molecule has 20 heavy (non-hydrogen) atoms. The van der Waals surface area contributed by atoms with Crippen LogP contribution in [-0.4, -0.2) is 29.6 Å². The maximum absolute atomic E-state index is 11.8. The SMILES string of the molecule is CC(=O)c1ccc(NC(=O)N[C@H](CO)C(C)(C)C)cc1. The smallest absolute Gasteiger partial charge is 0.319 e. The summed E-state index contributed by atoms with van der Waals surface area (Å²) in [5, 5.41) is 14.7.